The quantitative estimate of drug-likeness (QED) is 0.883. The molecule has 1 N–H and O–H groups in total. The van der Waals surface area contributed by atoms with E-state index in [0.717, 1.165) is 11.3 Å². The lowest BCUT2D eigenvalue weighted by molar-refractivity contribution is 0.628. The second-order valence-corrected chi connectivity index (χ2v) is 3.75. The monoisotopic (exact) mass is 236 g/mol. The van der Waals surface area contributed by atoms with Crippen molar-refractivity contribution >= 4 is 17.3 Å². The lowest BCUT2D eigenvalue weighted by atomic mass is 10.2. The molecular weight excluding hydrogens is 227 g/mol. The average molecular weight is 237 g/mol. The molecule has 16 heavy (non-hydrogen) atoms. The van der Waals surface area contributed by atoms with Crippen LogP contribution in [-0.2, 0) is 6.54 Å². The summed E-state index contributed by atoms with van der Waals surface area (Å²) >= 11 is 5.67. The number of halogens is 2. The minimum absolute atomic E-state index is 0.125. The Labute approximate surface area is 98.1 Å². The number of hydrogen-bond donors (Lipinski definition) is 1. The predicted molar refractivity (Wildman–Crippen MR) is 63.0 cm³/mol. The van der Waals surface area contributed by atoms with Crippen LogP contribution < -0.4 is 5.32 Å². The van der Waals surface area contributed by atoms with Crippen LogP contribution in [0.1, 0.15) is 5.56 Å². The van der Waals surface area contributed by atoms with Crippen LogP contribution in [0.3, 0.4) is 0 Å². The van der Waals surface area contributed by atoms with Gasteiger partial charge in [-0.3, -0.25) is 4.98 Å². The van der Waals surface area contributed by atoms with Gasteiger partial charge in [-0.15, -0.1) is 0 Å². The highest BCUT2D eigenvalue weighted by atomic mass is 35.5. The zero-order valence-corrected chi connectivity index (χ0v) is 9.21. The fourth-order valence-electron chi connectivity index (χ4n) is 1.31. The Balaban J connectivity index is 2.03. The number of aromatic nitrogens is 1. The normalized spacial score (nSPS) is 10.1. The number of hydrogen-bond acceptors (Lipinski definition) is 2. The Bertz CT molecular complexity index is 474. The highest BCUT2D eigenvalue weighted by molar-refractivity contribution is 6.31. The molecule has 0 aliphatic carbocycles. The Hall–Kier alpha value is -1.61. The maximum Gasteiger partial charge on any atom is 0.141 e. The van der Waals surface area contributed by atoms with Gasteiger partial charge in [-0.05, 0) is 35.9 Å². The first-order chi connectivity index (χ1) is 7.75. The van der Waals surface area contributed by atoms with Crippen LogP contribution in [0.15, 0.2) is 42.7 Å². The molecule has 0 unspecified atom stereocenters. The molecule has 2 nitrogen and oxygen atoms in total. The summed E-state index contributed by atoms with van der Waals surface area (Å²) in [5.41, 5.74) is 1.90. The van der Waals surface area contributed by atoms with Gasteiger partial charge < -0.3 is 5.32 Å². The van der Waals surface area contributed by atoms with E-state index in [1.165, 1.54) is 6.07 Å². The third-order valence-electron chi connectivity index (χ3n) is 2.17. The summed E-state index contributed by atoms with van der Waals surface area (Å²) in [6.45, 7) is 0.657. The first-order valence-electron chi connectivity index (χ1n) is 4.83. The molecule has 0 aliphatic rings. The fraction of sp³-hybridized carbons (Fsp3) is 0.0833. The van der Waals surface area contributed by atoms with Gasteiger partial charge in [-0.2, -0.15) is 0 Å². The minimum atomic E-state index is -0.406. The van der Waals surface area contributed by atoms with Crippen LogP contribution in [0.25, 0.3) is 0 Å². The molecule has 0 amide bonds. The van der Waals surface area contributed by atoms with Crippen molar-refractivity contribution in [3.8, 4) is 0 Å². The van der Waals surface area contributed by atoms with Crippen molar-refractivity contribution in [2.75, 3.05) is 5.32 Å². The number of nitrogens with zero attached hydrogens (tertiary/aromatic N) is 1. The third kappa shape index (κ3) is 2.70. The summed E-state index contributed by atoms with van der Waals surface area (Å²) in [5, 5.41) is 3.27. The van der Waals surface area contributed by atoms with E-state index in [1.807, 2.05) is 12.1 Å². The van der Waals surface area contributed by atoms with Gasteiger partial charge in [-0.1, -0.05) is 11.6 Å². The van der Waals surface area contributed by atoms with Gasteiger partial charge in [0.25, 0.3) is 0 Å². The standard InChI is InChI=1S/C12H10ClFN2/c13-11-7-10(1-2-12(11)14)16-8-9-3-5-15-6-4-9/h1-7,16H,8H2. The molecule has 0 bridgehead atoms. The van der Waals surface area contributed by atoms with Crippen molar-refractivity contribution in [1.29, 1.82) is 0 Å². The highest BCUT2D eigenvalue weighted by Gasteiger charge is 2.00. The Kier molecular flexibility index (Phi) is 3.37. The third-order valence-corrected chi connectivity index (χ3v) is 2.46. The highest BCUT2D eigenvalue weighted by Crippen LogP contribution is 2.19. The maximum absolute atomic E-state index is 12.9. The van der Waals surface area contributed by atoms with E-state index in [2.05, 4.69) is 10.3 Å². The zero-order valence-electron chi connectivity index (χ0n) is 8.45. The van der Waals surface area contributed by atoms with Gasteiger partial charge >= 0.3 is 0 Å². The number of anilines is 1. The molecule has 1 aromatic heterocycles. The summed E-state index contributed by atoms with van der Waals surface area (Å²) in [4.78, 5) is 3.93. The zero-order chi connectivity index (χ0) is 11.4. The van der Waals surface area contributed by atoms with E-state index in [9.17, 15) is 4.39 Å². The van der Waals surface area contributed by atoms with E-state index in [0.29, 0.717) is 6.54 Å². The summed E-state index contributed by atoms with van der Waals surface area (Å²) in [6, 6.07) is 8.40. The second kappa shape index (κ2) is 4.94. The van der Waals surface area contributed by atoms with Crippen molar-refractivity contribution in [3.05, 3.63) is 59.1 Å². The van der Waals surface area contributed by atoms with Gasteiger partial charge in [0.1, 0.15) is 5.82 Å². The number of nitrogens with one attached hydrogen (secondary N) is 1. The summed E-state index contributed by atoms with van der Waals surface area (Å²) in [7, 11) is 0. The molecule has 82 valence electrons. The topological polar surface area (TPSA) is 24.9 Å². The van der Waals surface area contributed by atoms with E-state index >= 15 is 0 Å². The van der Waals surface area contributed by atoms with E-state index < -0.39 is 5.82 Å². The molecule has 0 saturated heterocycles. The number of rotatable bonds is 3. The summed E-state index contributed by atoms with van der Waals surface area (Å²) < 4.78 is 12.9. The van der Waals surface area contributed by atoms with Crippen molar-refractivity contribution in [2.45, 2.75) is 6.54 Å². The first-order valence-corrected chi connectivity index (χ1v) is 5.21. The molecule has 1 aromatic carbocycles. The molecular formula is C12H10ClFN2. The lowest BCUT2D eigenvalue weighted by Gasteiger charge is -2.06. The molecule has 0 saturated carbocycles. The largest absolute Gasteiger partial charge is 0.381 e. The predicted octanol–water partition coefficient (Wildman–Crippen LogP) is 3.49. The molecule has 0 spiro atoms. The van der Waals surface area contributed by atoms with Gasteiger partial charge in [0.2, 0.25) is 0 Å². The van der Waals surface area contributed by atoms with Crippen molar-refractivity contribution in [3.63, 3.8) is 0 Å². The molecule has 2 aromatic rings. The van der Waals surface area contributed by atoms with Crippen LogP contribution in [0.2, 0.25) is 5.02 Å². The van der Waals surface area contributed by atoms with Crippen molar-refractivity contribution in [1.82, 2.24) is 4.98 Å². The molecule has 4 heteroatoms. The molecule has 2 rings (SSSR count). The molecule has 0 atom stereocenters. The van der Waals surface area contributed by atoms with E-state index in [-0.39, 0.29) is 5.02 Å². The number of pyridine rings is 1. The Morgan fingerprint density at radius 2 is 1.94 bits per heavy atom. The summed E-state index contributed by atoms with van der Waals surface area (Å²) in [6.07, 6.45) is 3.46. The average Bonchev–Trinajstić information content (AvgIpc) is 2.32. The SMILES string of the molecule is Fc1ccc(NCc2ccncc2)cc1Cl. The number of benzene rings is 1. The second-order valence-electron chi connectivity index (χ2n) is 3.34. The van der Waals surface area contributed by atoms with Crippen LogP contribution >= 0.6 is 11.6 Å². The fourth-order valence-corrected chi connectivity index (χ4v) is 1.49. The van der Waals surface area contributed by atoms with Gasteiger partial charge in [0, 0.05) is 24.6 Å². The van der Waals surface area contributed by atoms with Crippen LogP contribution in [0, 0.1) is 5.82 Å². The first kappa shape index (κ1) is 10.9. The van der Waals surface area contributed by atoms with E-state index in [4.69, 9.17) is 11.6 Å². The Morgan fingerprint density at radius 1 is 1.19 bits per heavy atom. The smallest absolute Gasteiger partial charge is 0.141 e. The lowest BCUT2D eigenvalue weighted by Crippen LogP contribution is -1.99. The van der Waals surface area contributed by atoms with E-state index in [1.54, 1.807) is 24.5 Å². The minimum Gasteiger partial charge on any atom is -0.381 e. The van der Waals surface area contributed by atoms with Gasteiger partial charge in [0.05, 0.1) is 5.02 Å². The molecule has 0 aliphatic heterocycles. The van der Waals surface area contributed by atoms with Gasteiger partial charge in [0.15, 0.2) is 0 Å². The molecule has 1 heterocycles. The van der Waals surface area contributed by atoms with Crippen LogP contribution in [0.5, 0.6) is 0 Å². The van der Waals surface area contributed by atoms with Crippen LogP contribution in [0.4, 0.5) is 10.1 Å². The maximum atomic E-state index is 12.9. The van der Waals surface area contributed by atoms with Gasteiger partial charge in [-0.25, -0.2) is 4.39 Å². The molecule has 0 radical (unpaired) electrons. The Morgan fingerprint density at radius 3 is 2.62 bits per heavy atom. The summed E-state index contributed by atoms with van der Waals surface area (Å²) in [5.74, 6) is -0.406. The molecule has 0 fully saturated rings. The van der Waals surface area contributed by atoms with Crippen LogP contribution in [-0.4, -0.2) is 4.98 Å². The van der Waals surface area contributed by atoms with Crippen molar-refractivity contribution < 1.29 is 4.39 Å². The van der Waals surface area contributed by atoms with Crippen molar-refractivity contribution in [2.24, 2.45) is 0 Å².